The second kappa shape index (κ2) is 49.0. The normalized spacial score (nSPS) is 13.8. The second-order valence-electron chi connectivity index (χ2n) is 17.7. The maximum atomic E-state index is 12.5. The molecule has 5 heteroatoms. The summed E-state index contributed by atoms with van der Waals surface area (Å²) in [5.41, 5.74) is 0. The topological polar surface area (TPSA) is 89.8 Å². The number of unbranched alkanes of at least 4 members (excludes halogenated alkanes) is 33. The summed E-state index contributed by atoms with van der Waals surface area (Å²) in [7, 11) is 0. The van der Waals surface area contributed by atoms with Gasteiger partial charge in [-0.2, -0.15) is 0 Å². The van der Waals surface area contributed by atoms with Crippen LogP contribution >= 0.6 is 0 Å². The molecule has 0 radical (unpaired) electrons. The lowest BCUT2D eigenvalue weighted by atomic mass is 10.0. The molecule has 0 bridgehead atoms. The standard InChI is InChI=1S/C54H101NO4/c1-3-5-7-9-11-13-15-17-18-19-20-21-22-23-24-25-26-27-28-29-30-31-32-33-34-35-37-39-41-43-45-47-49-53(58)54(59)55-51(50-56)52(57)48-46-44-42-40-38-36-16-14-12-10-8-6-4-2/h12,14,23-24,38,40,46,48,51-53,56-58H,3-11,13,15-22,25-37,39,41-45,47,49-50H2,1-2H3,(H,55,59)/b14-12+,24-23-,40-38+,48-46+. The molecule has 5 nitrogen and oxygen atoms in total. The molecular formula is C54H101NO4. The van der Waals surface area contributed by atoms with Gasteiger partial charge in [0.05, 0.1) is 18.8 Å². The molecular weight excluding hydrogens is 727 g/mol. The van der Waals surface area contributed by atoms with Crippen LogP contribution in [0.15, 0.2) is 48.6 Å². The lowest BCUT2D eigenvalue weighted by molar-refractivity contribution is -0.131. The van der Waals surface area contributed by atoms with E-state index in [1.807, 2.05) is 6.08 Å². The van der Waals surface area contributed by atoms with Gasteiger partial charge in [-0.3, -0.25) is 4.79 Å². The molecule has 4 N–H and O–H groups in total. The summed E-state index contributed by atoms with van der Waals surface area (Å²) in [6, 6.07) is -0.820. The van der Waals surface area contributed by atoms with Crippen LogP contribution in [0.1, 0.15) is 264 Å². The Bertz CT molecular complexity index is 958. The van der Waals surface area contributed by atoms with Crippen LogP contribution < -0.4 is 5.32 Å². The van der Waals surface area contributed by atoms with Crippen LogP contribution in [0, 0.1) is 0 Å². The molecule has 1 amide bonds. The first kappa shape index (κ1) is 57.3. The lowest BCUT2D eigenvalue weighted by Gasteiger charge is -2.21. The number of amides is 1. The van der Waals surface area contributed by atoms with Gasteiger partial charge >= 0.3 is 0 Å². The Kier molecular flexibility index (Phi) is 47.6. The predicted octanol–water partition coefficient (Wildman–Crippen LogP) is 15.7. The third-order valence-electron chi connectivity index (χ3n) is 11.9. The van der Waals surface area contributed by atoms with E-state index in [1.54, 1.807) is 6.08 Å². The van der Waals surface area contributed by atoms with Crippen LogP contribution in [0.4, 0.5) is 0 Å². The molecule has 0 aliphatic heterocycles. The molecule has 0 saturated carbocycles. The maximum Gasteiger partial charge on any atom is 0.249 e. The third kappa shape index (κ3) is 44.2. The Morgan fingerprint density at radius 1 is 0.407 bits per heavy atom. The highest BCUT2D eigenvalue weighted by molar-refractivity contribution is 5.80. The van der Waals surface area contributed by atoms with Crippen molar-refractivity contribution in [3.8, 4) is 0 Å². The molecule has 346 valence electrons. The zero-order valence-corrected chi connectivity index (χ0v) is 39.4. The van der Waals surface area contributed by atoms with Gasteiger partial charge in [0.15, 0.2) is 0 Å². The highest BCUT2D eigenvalue weighted by atomic mass is 16.3. The summed E-state index contributed by atoms with van der Waals surface area (Å²) >= 11 is 0. The molecule has 0 heterocycles. The summed E-state index contributed by atoms with van der Waals surface area (Å²) in [4.78, 5) is 12.5. The van der Waals surface area contributed by atoms with Crippen LogP contribution in [-0.4, -0.2) is 46.1 Å². The van der Waals surface area contributed by atoms with E-state index >= 15 is 0 Å². The van der Waals surface area contributed by atoms with Crippen molar-refractivity contribution in [2.75, 3.05) is 6.61 Å². The van der Waals surface area contributed by atoms with E-state index in [2.05, 4.69) is 55.6 Å². The Labute approximate surface area is 367 Å². The van der Waals surface area contributed by atoms with Crippen molar-refractivity contribution in [1.29, 1.82) is 0 Å². The van der Waals surface area contributed by atoms with Crippen LogP contribution in [0.3, 0.4) is 0 Å². The first-order valence-electron chi connectivity index (χ1n) is 26.0. The van der Waals surface area contributed by atoms with E-state index in [4.69, 9.17) is 0 Å². The van der Waals surface area contributed by atoms with Gasteiger partial charge in [-0.25, -0.2) is 0 Å². The minimum Gasteiger partial charge on any atom is -0.394 e. The fourth-order valence-electron chi connectivity index (χ4n) is 7.80. The molecule has 0 saturated heterocycles. The molecule has 0 aliphatic rings. The summed E-state index contributed by atoms with van der Waals surface area (Å²) in [6.07, 6.45) is 64.7. The quantitative estimate of drug-likeness (QED) is 0.0363. The zero-order chi connectivity index (χ0) is 43.0. The highest BCUT2D eigenvalue weighted by Crippen LogP contribution is 2.16. The number of allylic oxidation sites excluding steroid dienone is 7. The maximum absolute atomic E-state index is 12.5. The lowest BCUT2D eigenvalue weighted by Crippen LogP contribution is -2.48. The number of aliphatic hydroxyl groups excluding tert-OH is 3. The van der Waals surface area contributed by atoms with E-state index < -0.39 is 24.2 Å². The SMILES string of the molecule is CCCCC/C=C/CC/C=C/CC/C=C/C(O)C(CO)NC(=O)C(O)CCCCCCCCCCCCCCCCCC/C=C\CCCCCCCCCCCCCC. The van der Waals surface area contributed by atoms with Crippen LogP contribution in [0.25, 0.3) is 0 Å². The first-order chi connectivity index (χ1) is 29.1. The largest absolute Gasteiger partial charge is 0.394 e. The Morgan fingerprint density at radius 2 is 0.695 bits per heavy atom. The Morgan fingerprint density at radius 3 is 1.07 bits per heavy atom. The molecule has 0 aliphatic carbocycles. The van der Waals surface area contributed by atoms with E-state index in [9.17, 15) is 20.1 Å². The van der Waals surface area contributed by atoms with Gasteiger partial charge in [-0.05, 0) is 70.6 Å². The fraction of sp³-hybridized carbons (Fsp3) is 0.833. The van der Waals surface area contributed by atoms with Crippen LogP contribution in [0.5, 0.6) is 0 Å². The number of hydrogen-bond donors (Lipinski definition) is 4. The summed E-state index contributed by atoms with van der Waals surface area (Å²) in [5.74, 6) is -0.516. The van der Waals surface area contributed by atoms with Crippen molar-refractivity contribution < 1.29 is 20.1 Å². The zero-order valence-electron chi connectivity index (χ0n) is 39.4. The number of rotatable bonds is 47. The van der Waals surface area contributed by atoms with Crippen molar-refractivity contribution in [2.45, 2.75) is 283 Å². The number of hydrogen-bond acceptors (Lipinski definition) is 4. The van der Waals surface area contributed by atoms with Gasteiger partial charge in [0.2, 0.25) is 5.91 Å². The van der Waals surface area contributed by atoms with Crippen molar-refractivity contribution in [3.05, 3.63) is 48.6 Å². The van der Waals surface area contributed by atoms with Gasteiger partial charge in [0.25, 0.3) is 0 Å². The number of carbonyl (C=O) groups excluding carboxylic acids is 1. The Balaban J connectivity index is 3.54. The van der Waals surface area contributed by atoms with Crippen LogP contribution in [0.2, 0.25) is 0 Å². The first-order valence-corrected chi connectivity index (χ1v) is 26.0. The molecule has 0 aromatic carbocycles. The Hall–Kier alpha value is -1.69. The van der Waals surface area contributed by atoms with Crippen molar-refractivity contribution in [2.24, 2.45) is 0 Å². The molecule has 59 heavy (non-hydrogen) atoms. The monoisotopic (exact) mass is 828 g/mol. The summed E-state index contributed by atoms with van der Waals surface area (Å²) in [5, 5.41) is 33.1. The van der Waals surface area contributed by atoms with Crippen molar-refractivity contribution in [3.63, 3.8) is 0 Å². The predicted molar refractivity (Wildman–Crippen MR) is 259 cm³/mol. The molecule has 3 unspecified atom stereocenters. The van der Waals surface area contributed by atoms with Gasteiger partial charge in [0.1, 0.15) is 6.10 Å². The molecule has 0 rings (SSSR count). The van der Waals surface area contributed by atoms with Crippen molar-refractivity contribution >= 4 is 5.91 Å². The van der Waals surface area contributed by atoms with E-state index in [0.717, 1.165) is 44.9 Å². The highest BCUT2D eigenvalue weighted by Gasteiger charge is 2.22. The second-order valence-corrected chi connectivity index (χ2v) is 17.7. The number of nitrogens with one attached hydrogen (secondary N) is 1. The molecule has 0 spiro atoms. The van der Waals surface area contributed by atoms with Gasteiger partial charge < -0.3 is 20.6 Å². The van der Waals surface area contributed by atoms with E-state index in [0.29, 0.717) is 6.42 Å². The minimum absolute atomic E-state index is 0.381. The third-order valence-corrected chi connectivity index (χ3v) is 11.9. The van der Waals surface area contributed by atoms with Crippen LogP contribution in [-0.2, 0) is 4.79 Å². The average molecular weight is 828 g/mol. The van der Waals surface area contributed by atoms with Gasteiger partial charge in [-0.1, -0.05) is 242 Å². The average Bonchev–Trinajstić information content (AvgIpc) is 3.24. The molecule has 0 fully saturated rings. The number of aliphatic hydroxyl groups is 3. The van der Waals surface area contributed by atoms with Gasteiger partial charge in [0, 0.05) is 0 Å². The molecule has 3 atom stereocenters. The summed E-state index contributed by atoms with van der Waals surface area (Å²) < 4.78 is 0. The van der Waals surface area contributed by atoms with E-state index in [-0.39, 0.29) is 6.61 Å². The van der Waals surface area contributed by atoms with Gasteiger partial charge in [-0.15, -0.1) is 0 Å². The smallest absolute Gasteiger partial charge is 0.249 e. The fourth-order valence-corrected chi connectivity index (χ4v) is 7.80. The summed E-state index contributed by atoms with van der Waals surface area (Å²) in [6.45, 7) is 4.14. The van der Waals surface area contributed by atoms with E-state index in [1.165, 1.54) is 199 Å². The van der Waals surface area contributed by atoms with Crippen molar-refractivity contribution in [1.82, 2.24) is 5.32 Å². The minimum atomic E-state index is -1.11. The number of carbonyl (C=O) groups is 1. The molecule has 0 aromatic rings. The molecule has 0 aromatic heterocycles.